The third-order valence-corrected chi connectivity index (χ3v) is 3.77. The summed E-state index contributed by atoms with van der Waals surface area (Å²) in [7, 11) is 0. The summed E-state index contributed by atoms with van der Waals surface area (Å²) >= 11 is 7.54. The van der Waals surface area contributed by atoms with Crippen molar-refractivity contribution in [3.8, 4) is 0 Å². The molecule has 1 aromatic carbocycles. The van der Waals surface area contributed by atoms with E-state index in [4.69, 9.17) is 11.6 Å². The van der Waals surface area contributed by atoms with Gasteiger partial charge in [0.2, 0.25) is 6.39 Å². The van der Waals surface area contributed by atoms with Crippen molar-refractivity contribution in [3.05, 3.63) is 41.0 Å². The predicted molar refractivity (Wildman–Crippen MR) is 78.0 cm³/mol. The molecule has 2 rings (SSSR count). The first-order valence-corrected chi connectivity index (χ1v) is 7.47. The van der Waals surface area contributed by atoms with Crippen molar-refractivity contribution in [1.29, 1.82) is 0 Å². The lowest BCUT2D eigenvalue weighted by atomic mass is 10.2. The van der Waals surface area contributed by atoms with Crippen LogP contribution in [0, 0.1) is 0 Å². The summed E-state index contributed by atoms with van der Waals surface area (Å²) < 4.78 is 4.67. The fourth-order valence-electron chi connectivity index (χ4n) is 1.67. The Balaban J connectivity index is 2.16. The molecule has 1 unspecified atom stereocenters. The minimum atomic E-state index is -0.323. The summed E-state index contributed by atoms with van der Waals surface area (Å²) in [4.78, 5) is 17.1. The second kappa shape index (κ2) is 6.76. The number of benzene rings is 1. The smallest absolute Gasteiger partial charge is 0.253 e. The fraction of sp³-hybridized carbons (Fsp3) is 0.308. The molecule has 7 heteroatoms. The monoisotopic (exact) mass is 311 g/mol. The summed E-state index contributed by atoms with van der Waals surface area (Å²) in [5, 5.41) is 7.16. The molecule has 0 spiro atoms. The summed E-state index contributed by atoms with van der Waals surface area (Å²) in [6, 6.07) is 4.90. The number of aromatic nitrogens is 2. The standard InChI is InChI=1S/C13H14ClN3O2S/c1-3-20-11-6-9(14)4-5-10(11)13(18)16-8(2)12-15-7-19-17-12/h4-8H,3H2,1-2H3,(H,16,18). The van der Waals surface area contributed by atoms with Gasteiger partial charge >= 0.3 is 0 Å². The van der Waals surface area contributed by atoms with E-state index in [1.54, 1.807) is 36.9 Å². The van der Waals surface area contributed by atoms with E-state index in [1.165, 1.54) is 6.39 Å². The second-order valence-electron chi connectivity index (χ2n) is 4.06. The summed E-state index contributed by atoms with van der Waals surface area (Å²) in [6.45, 7) is 3.82. The van der Waals surface area contributed by atoms with Crippen LogP contribution >= 0.6 is 23.4 Å². The van der Waals surface area contributed by atoms with Crippen LogP contribution in [0.25, 0.3) is 0 Å². The van der Waals surface area contributed by atoms with Gasteiger partial charge in [-0.05, 0) is 30.9 Å². The molecule has 1 N–H and O–H groups in total. The van der Waals surface area contributed by atoms with E-state index in [9.17, 15) is 4.79 Å². The van der Waals surface area contributed by atoms with Crippen molar-refractivity contribution < 1.29 is 9.32 Å². The van der Waals surface area contributed by atoms with E-state index in [2.05, 4.69) is 20.0 Å². The number of nitrogens with one attached hydrogen (secondary N) is 1. The van der Waals surface area contributed by atoms with E-state index in [0.717, 1.165) is 10.6 Å². The Morgan fingerprint density at radius 2 is 2.35 bits per heavy atom. The Hall–Kier alpha value is -1.53. The minimum Gasteiger partial charge on any atom is -0.343 e. The maximum Gasteiger partial charge on any atom is 0.253 e. The van der Waals surface area contributed by atoms with Gasteiger partial charge in [0.1, 0.15) is 0 Å². The van der Waals surface area contributed by atoms with Crippen molar-refractivity contribution in [2.45, 2.75) is 24.8 Å². The Morgan fingerprint density at radius 1 is 1.55 bits per heavy atom. The minimum absolute atomic E-state index is 0.185. The van der Waals surface area contributed by atoms with E-state index < -0.39 is 0 Å². The van der Waals surface area contributed by atoms with Crippen LogP contribution in [-0.2, 0) is 0 Å². The van der Waals surface area contributed by atoms with Crippen LogP contribution in [0.15, 0.2) is 34.0 Å². The van der Waals surface area contributed by atoms with Crippen LogP contribution in [0.2, 0.25) is 5.02 Å². The fourth-order valence-corrected chi connectivity index (χ4v) is 2.74. The number of amides is 1. The molecular formula is C13H14ClN3O2S. The molecule has 2 aromatic rings. The first-order valence-electron chi connectivity index (χ1n) is 6.11. The highest BCUT2D eigenvalue weighted by atomic mass is 35.5. The average molecular weight is 312 g/mol. The zero-order valence-electron chi connectivity index (χ0n) is 11.1. The Bertz CT molecular complexity index is 589. The third kappa shape index (κ3) is 3.52. The van der Waals surface area contributed by atoms with Crippen molar-refractivity contribution in [2.75, 3.05) is 5.75 Å². The SMILES string of the molecule is CCSc1cc(Cl)ccc1C(=O)NC(C)c1ncon1. The number of hydrogen-bond donors (Lipinski definition) is 1. The van der Waals surface area contributed by atoms with Gasteiger partial charge in [-0.2, -0.15) is 4.98 Å². The van der Waals surface area contributed by atoms with Crippen molar-refractivity contribution in [2.24, 2.45) is 0 Å². The number of nitrogens with zero attached hydrogens (tertiary/aromatic N) is 2. The molecule has 1 heterocycles. The lowest BCUT2D eigenvalue weighted by Crippen LogP contribution is -2.27. The van der Waals surface area contributed by atoms with Crippen molar-refractivity contribution >= 4 is 29.3 Å². The number of hydrogen-bond acceptors (Lipinski definition) is 5. The zero-order chi connectivity index (χ0) is 14.5. The van der Waals surface area contributed by atoms with Crippen molar-refractivity contribution in [1.82, 2.24) is 15.5 Å². The molecule has 106 valence electrons. The molecule has 0 saturated heterocycles. The van der Waals surface area contributed by atoms with Gasteiger partial charge in [0.25, 0.3) is 5.91 Å². The Labute approximate surface area is 126 Å². The van der Waals surface area contributed by atoms with Gasteiger partial charge in [0, 0.05) is 9.92 Å². The maximum absolute atomic E-state index is 12.3. The number of carbonyl (C=O) groups excluding carboxylic acids is 1. The largest absolute Gasteiger partial charge is 0.343 e. The summed E-state index contributed by atoms with van der Waals surface area (Å²) in [6.07, 6.45) is 1.23. The molecule has 0 aliphatic heterocycles. The van der Waals surface area contributed by atoms with Gasteiger partial charge in [-0.15, -0.1) is 11.8 Å². The number of halogens is 1. The van der Waals surface area contributed by atoms with Crippen LogP contribution in [0.5, 0.6) is 0 Å². The quantitative estimate of drug-likeness (QED) is 0.858. The molecule has 20 heavy (non-hydrogen) atoms. The molecule has 1 amide bonds. The third-order valence-electron chi connectivity index (χ3n) is 2.60. The maximum atomic E-state index is 12.3. The molecule has 1 atom stereocenters. The Kier molecular flexibility index (Phi) is 5.03. The van der Waals surface area contributed by atoms with Gasteiger partial charge in [-0.1, -0.05) is 23.7 Å². The van der Waals surface area contributed by atoms with Gasteiger partial charge < -0.3 is 9.84 Å². The first-order chi connectivity index (χ1) is 9.61. The highest BCUT2D eigenvalue weighted by Gasteiger charge is 2.17. The van der Waals surface area contributed by atoms with Gasteiger partial charge in [0.05, 0.1) is 11.6 Å². The number of carbonyl (C=O) groups is 1. The number of rotatable bonds is 5. The molecule has 1 aromatic heterocycles. The Morgan fingerprint density at radius 3 is 3.00 bits per heavy atom. The van der Waals surface area contributed by atoms with E-state index in [0.29, 0.717) is 16.4 Å². The second-order valence-corrected chi connectivity index (χ2v) is 5.80. The molecule has 0 radical (unpaired) electrons. The summed E-state index contributed by atoms with van der Waals surface area (Å²) in [5.41, 5.74) is 0.594. The normalized spacial score (nSPS) is 12.2. The van der Waals surface area contributed by atoms with Crippen LogP contribution in [0.4, 0.5) is 0 Å². The van der Waals surface area contributed by atoms with E-state index >= 15 is 0 Å². The topological polar surface area (TPSA) is 68.0 Å². The lowest BCUT2D eigenvalue weighted by molar-refractivity contribution is 0.0935. The van der Waals surface area contributed by atoms with Gasteiger partial charge in [-0.3, -0.25) is 4.79 Å². The zero-order valence-corrected chi connectivity index (χ0v) is 12.7. The van der Waals surface area contributed by atoms with Crippen LogP contribution in [0.1, 0.15) is 36.1 Å². The lowest BCUT2D eigenvalue weighted by Gasteiger charge is -2.13. The first kappa shape index (κ1) is 14.9. The number of thioether (sulfide) groups is 1. The highest BCUT2D eigenvalue weighted by molar-refractivity contribution is 7.99. The van der Waals surface area contributed by atoms with Gasteiger partial charge in [0.15, 0.2) is 5.82 Å². The van der Waals surface area contributed by atoms with Crippen molar-refractivity contribution in [3.63, 3.8) is 0 Å². The van der Waals surface area contributed by atoms with Crippen LogP contribution in [-0.4, -0.2) is 21.8 Å². The van der Waals surface area contributed by atoms with Gasteiger partial charge in [-0.25, -0.2) is 0 Å². The van der Waals surface area contributed by atoms with E-state index in [1.807, 2.05) is 6.92 Å². The molecule has 0 aliphatic rings. The molecule has 0 saturated carbocycles. The molecule has 0 bridgehead atoms. The molecule has 5 nitrogen and oxygen atoms in total. The average Bonchev–Trinajstić information content (AvgIpc) is 2.93. The molecular weight excluding hydrogens is 298 g/mol. The molecule has 0 aliphatic carbocycles. The van der Waals surface area contributed by atoms with Crippen LogP contribution < -0.4 is 5.32 Å². The predicted octanol–water partition coefficient (Wildman–Crippen LogP) is 3.33. The summed E-state index contributed by atoms with van der Waals surface area (Å²) in [5.74, 6) is 1.12. The van der Waals surface area contributed by atoms with E-state index in [-0.39, 0.29) is 11.9 Å². The van der Waals surface area contributed by atoms with Crippen LogP contribution in [0.3, 0.4) is 0 Å². The highest BCUT2D eigenvalue weighted by Crippen LogP contribution is 2.26. The molecule has 0 fully saturated rings.